The van der Waals surface area contributed by atoms with Gasteiger partial charge in [-0.3, -0.25) is 0 Å². The number of hydrogen-bond acceptors (Lipinski definition) is 1. The number of hydrogen-bond donors (Lipinski definition) is 1. The molecule has 0 aliphatic rings. The summed E-state index contributed by atoms with van der Waals surface area (Å²) in [6, 6.07) is 15.3. The van der Waals surface area contributed by atoms with Crippen LogP contribution in [0.2, 0.25) is 0 Å². The molecule has 0 fully saturated rings. The van der Waals surface area contributed by atoms with Crippen molar-refractivity contribution in [1.29, 1.82) is 0 Å². The Bertz CT molecular complexity index is 499. The Morgan fingerprint density at radius 1 is 0.800 bits per heavy atom. The quantitative estimate of drug-likeness (QED) is 0.636. The SMILES string of the molecule is CCCCCCCNCCc1cccc2ccccc12. The van der Waals surface area contributed by atoms with Crippen molar-refractivity contribution in [3.8, 4) is 0 Å². The molecule has 0 radical (unpaired) electrons. The molecular formula is C19H27N. The Morgan fingerprint density at radius 3 is 2.50 bits per heavy atom. The van der Waals surface area contributed by atoms with Crippen LogP contribution >= 0.6 is 0 Å². The third kappa shape index (κ3) is 4.64. The molecule has 2 rings (SSSR count). The van der Waals surface area contributed by atoms with Crippen LogP contribution in [0.4, 0.5) is 0 Å². The van der Waals surface area contributed by atoms with Gasteiger partial charge in [0.25, 0.3) is 0 Å². The van der Waals surface area contributed by atoms with E-state index in [9.17, 15) is 0 Å². The van der Waals surface area contributed by atoms with Crippen molar-refractivity contribution in [3.63, 3.8) is 0 Å². The molecule has 0 amide bonds. The predicted octanol–water partition coefficient (Wildman–Crippen LogP) is 4.94. The van der Waals surface area contributed by atoms with Gasteiger partial charge in [-0.25, -0.2) is 0 Å². The Labute approximate surface area is 123 Å². The first-order valence-corrected chi connectivity index (χ1v) is 8.09. The van der Waals surface area contributed by atoms with Gasteiger partial charge in [-0.2, -0.15) is 0 Å². The lowest BCUT2D eigenvalue weighted by Gasteiger charge is -2.08. The van der Waals surface area contributed by atoms with Crippen molar-refractivity contribution >= 4 is 10.8 Å². The molecule has 2 aromatic carbocycles. The molecule has 108 valence electrons. The molecule has 0 spiro atoms. The van der Waals surface area contributed by atoms with E-state index in [1.807, 2.05) is 0 Å². The van der Waals surface area contributed by atoms with Gasteiger partial charge in [-0.15, -0.1) is 0 Å². The van der Waals surface area contributed by atoms with Crippen LogP contribution in [-0.4, -0.2) is 13.1 Å². The average Bonchev–Trinajstić information content (AvgIpc) is 2.50. The number of unbranched alkanes of at least 4 members (excludes halogenated alkanes) is 4. The molecule has 0 aliphatic carbocycles. The first kappa shape index (κ1) is 15.1. The maximum absolute atomic E-state index is 3.58. The highest BCUT2D eigenvalue weighted by atomic mass is 14.8. The van der Waals surface area contributed by atoms with Crippen LogP contribution in [0, 0.1) is 0 Å². The maximum atomic E-state index is 3.58. The fourth-order valence-electron chi connectivity index (χ4n) is 2.71. The van der Waals surface area contributed by atoms with Gasteiger partial charge in [0, 0.05) is 0 Å². The molecule has 0 bridgehead atoms. The molecule has 0 heterocycles. The minimum absolute atomic E-state index is 1.09. The molecule has 0 atom stereocenters. The summed E-state index contributed by atoms with van der Waals surface area (Å²) < 4.78 is 0. The molecule has 0 aliphatic heterocycles. The Kier molecular flexibility index (Phi) is 6.59. The van der Waals surface area contributed by atoms with Crippen LogP contribution < -0.4 is 5.32 Å². The Balaban J connectivity index is 1.71. The fraction of sp³-hybridized carbons (Fsp3) is 0.474. The standard InChI is InChI=1S/C19H27N/c1-2-3-4-5-8-15-20-16-14-18-12-9-11-17-10-6-7-13-19(17)18/h6-7,9-13,20H,2-5,8,14-16H2,1H3. The molecule has 2 aromatic rings. The highest BCUT2D eigenvalue weighted by molar-refractivity contribution is 5.85. The van der Waals surface area contributed by atoms with Crippen LogP contribution in [0.25, 0.3) is 10.8 Å². The van der Waals surface area contributed by atoms with Crippen molar-refractivity contribution in [2.45, 2.75) is 45.4 Å². The van der Waals surface area contributed by atoms with Crippen LogP contribution in [0.3, 0.4) is 0 Å². The third-order valence-electron chi connectivity index (χ3n) is 3.91. The smallest absolute Gasteiger partial charge is 0.000813 e. The molecular weight excluding hydrogens is 242 g/mol. The van der Waals surface area contributed by atoms with Gasteiger partial charge in [0.1, 0.15) is 0 Å². The molecule has 1 heteroatoms. The molecule has 0 saturated heterocycles. The summed E-state index contributed by atoms with van der Waals surface area (Å²) >= 11 is 0. The van der Waals surface area contributed by atoms with E-state index < -0.39 is 0 Å². The summed E-state index contributed by atoms with van der Waals surface area (Å²) in [5.41, 5.74) is 1.46. The van der Waals surface area contributed by atoms with E-state index in [1.54, 1.807) is 0 Å². The maximum Gasteiger partial charge on any atom is -0.000813 e. The first-order valence-electron chi connectivity index (χ1n) is 8.09. The summed E-state index contributed by atoms with van der Waals surface area (Å²) in [6.45, 7) is 4.51. The second-order valence-electron chi connectivity index (χ2n) is 5.55. The van der Waals surface area contributed by atoms with Crippen LogP contribution in [0.5, 0.6) is 0 Å². The zero-order valence-electron chi connectivity index (χ0n) is 12.7. The number of fused-ring (bicyclic) bond motifs is 1. The summed E-state index contributed by atoms with van der Waals surface area (Å²) in [5.74, 6) is 0. The molecule has 0 unspecified atom stereocenters. The zero-order valence-corrected chi connectivity index (χ0v) is 12.7. The van der Waals surface area contributed by atoms with Crippen LogP contribution in [0.15, 0.2) is 42.5 Å². The largest absolute Gasteiger partial charge is 0.316 e. The van der Waals surface area contributed by atoms with E-state index in [-0.39, 0.29) is 0 Å². The summed E-state index contributed by atoms with van der Waals surface area (Å²) in [7, 11) is 0. The molecule has 1 N–H and O–H groups in total. The van der Waals surface area contributed by atoms with Gasteiger partial charge in [0.2, 0.25) is 0 Å². The highest BCUT2D eigenvalue weighted by Crippen LogP contribution is 2.18. The Morgan fingerprint density at radius 2 is 1.60 bits per heavy atom. The lowest BCUT2D eigenvalue weighted by molar-refractivity contribution is 0.585. The topological polar surface area (TPSA) is 12.0 Å². The lowest BCUT2D eigenvalue weighted by atomic mass is 10.0. The van der Waals surface area contributed by atoms with Gasteiger partial charge in [-0.1, -0.05) is 75.1 Å². The minimum Gasteiger partial charge on any atom is -0.316 e. The highest BCUT2D eigenvalue weighted by Gasteiger charge is 1.99. The number of benzene rings is 2. The normalized spacial score (nSPS) is 11.1. The number of nitrogens with one attached hydrogen (secondary N) is 1. The van der Waals surface area contributed by atoms with Gasteiger partial charge >= 0.3 is 0 Å². The van der Waals surface area contributed by atoms with E-state index >= 15 is 0 Å². The van der Waals surface area contributed by atoms with Gasteiger partial charge in [-0.05, 0) is 42.3 Å². The van der Waals surface area contributed by atoms with E-state index in [0.717, 1.165) is 19.5 Å². The predicted molar refractivity (Wildman–Crippen MR) is 89.3 cm³/mol. The molecule has 0 saturated carbocycles. The van der Waals surface area contributed by atoms with Gasteiger partial charge < -0.3 is 5.32 Å². The lowest BCUT2D eigenvalue weighted by Crippen LogP contribution is -2.18. The second kappa shape index (κ2) is 8.76. The number of rotatable bonds is 9. The summed E-state index contributed by atoms with van der Waals surface area (Å²) in [5, 5.41) is 6.33. The monoisotopic (exact) mass is 269 g/mol. The molecule has 0 aromatic heterocycles. The molecule has 20 heavy (non-hydrogen) atoms. The second-order valence-corrected chi connectivity index (χ2v) is 5.55. The summed E-state index contributed by atoms with van der Waals surface area (Å²) in [4.78, 5) is 0. The Hall–Kier alpha value is -1.34. The fourth-order valence-corrected chi connectivity index (χ4v) is 2.71. The summed E-state index contributed by atoms with van der Waals surface area (Å²) in [6.07, 6.45) is 7.91. The van der Waals surface area contributed by atoms with Gasteiger partial charge in [0.15, 0.2) is 0 Å². The zero-order chi connectivity index (χ0) is 14.0. The van der Waals surface area contributed by atoms with E-state index in [4.69, 9.17) is 0 Å². The first-order chi connectivity index (χ1) is 9.92. The van der Waals surface area contributed by atoms with Crippen LogP contribution in [0.1, 0.15) is 44.6 Å². The van der Waals surface area contributed by atoms with E-state index in [0.29, 0.717) is 0 Å². The average molecular weight is 269 g/mol. The van der Waals surface area contributed by atoms with E-state index in [2.05, 4.69) is 54.7 Å². The van der Waals surface area contributed by atoms with Crippen molar-refractivity contribution < 1.29 is 0 Å². The molecule has 1 nitrogen and oxygen atoms in total. The van der Waals surface area contributed by atoms with Gasteiger partial charge in [0.05, 0.1) is 0 Å². The third-order valence-corrected chi connectivity index (χ3v) is 3.91. The van der Waals surface area contributed by atoms with Crippen LogP contribution in [-0.2, 0) is 6.42 Å². The van der Waals surface area contributed by atoms with Crippen molar-refractivity contribution in [3.05, 3.63) is 48.0 Å². The van der Waals surface area contributed by atoms with Crippen molar-refractivity contribution in [2.75, 3.05) is 13.1 Å². The van der Waals surface area contributed by atoms with E-state index in [1.165, 1.54) is 48.4 Å². The van der Waals surface area contributed by atoms with Crippen molar-refractivity contribution in [2.24, 2.45) is 0 Å². The van der Waals surface area contributed by atoms with Crippen molar-refractivity contribution in [1.82, 2.24) is 5.32 Å². The minimum atomic E-state index is 1.09.